The van der Waals surface area contributed by atoms with Crippen molar-refractivity contribution in [2.24, 2.45) is 11.8 Å². The number of halogens is 1. The molecule has 0 aliphatic heterocycles. The van der Waals surface area contributed by atoms with Crippen molar-refractivity contribution in [1.82, 2.24) is 5.43 Å². The van der Waals surface area contributed by atoms with Crippen LogP contribution in [0.25, 0.3) is 0 Å². The van der Waals surface area contributed by atoms with E-state index in [0.29, 0.717) is 5.92 Å². The summed E-state index contributed by atoms with van der Waals surface area (Å²) in [5.41, 5.74) is 5.34. The van der Waals surface area contributed by atoms with Crippen LogP contribution >= 0.6 is 11.6 Å². The lowest BCUT2D eigenvalue weighted by Gasteiger charge is -2.26. The Kier molecular flexibility index (Phi) is 5.04. The van der Waals surface area contributed by atoms with Gasteiger partial charge in [-0.15, -0.1) is 0 Å². The van der Waals surface area contributed by atoms with Crippen molar-refractivity contribution in [2.45, 2.75) is 51.5 Å². The van der Waals surface area contributed by atoms with Crippen molar-refractivity contribution in [2.75, 3.05) is 0 Å². The molecule has 0 radical (unpaired) electrons. The van der Waals surface area contributed by atoms with Gasteiger partial charge in [0.25, 0.3) is 0 Å². The van der Waals surface area contributed by atoms with Crippen molar-refractivity contribution in [1.29, 1.82) is 0 Å². The topological polar surface area (TPSA) is 38.0 Å². The lowest BCUT2D eigenvalue weighted by molar-refractivity contribution is 0.329. The van der Waals surface area contributed by atoms with Crippen molar-refractivity contribution < 1.29 is 0 Å². The summed E-state index contributed by atoms with van der Waals surface area (Å²) in [7, 11) is 0. The summed E-state index contributed by atoms with van der Waals surface area (Å²) in [4.78, 5) is 0. The lowest BCUT2D eigenvalue weighted by atomic mass is 9.87. The van der Waals surface area contributed by atoms with Gasteiger partial charge >= 0.3 is 0 Å². The largest absolute Gasteiger partial charge is 0.271 e. The zero-order chi connectivity index (χ0) is 13.0. The van der Waals surface area contributed by atoms with Crippen LogP contribution in [-0.2, 0) is 0 Å². The molecule has 1 aromatic rings. The Bertz CT molecular complexity index is 384. The molecule has 1 aliphatic carbocycles. The summed E-state index contributed by atoms with van der Waals surface area (Å²) in [5.74, 6) is 6.39. The van der Waals surface area contributed by atoms with E-state index in [1.165, 1.54) is 44.1 Å². The summed E-state index contributed by atoms with van der Waals surface area (Å²) in [6.45, 7) is 2.06. The molecule has 1 aliphatic rings. The number of hydrazine groups is 1. The highest BCUT2D eigenvalue weighted by Crippen LogP contribution is 2.36. The van der Waals surface area contributed by atoms with Crippen molar-refractivity contribution >= 4 is 11.6 Å². The molecule has 2 nitrogen and oxygen atoms in total. The van der Waals surface area contributed by atoms with E-state index in [-0.39, 0.29) is 6.04 Å². The van der Waals surface area contributed by atoms with Gasteiger partial charge < -0.3 is 0 Å². The second-order valence-corrected chi connectivity index (χ2v) is 5.83. The van der Waals surface area contributed by atoms with Gasteiger partial charge in [0.05, 0.1) is 6.04 Å². The maximum atomic E-state index is 6.37. The molecule has 1 fully saturated rings. The SMILES string of the molecule is Cc1ccc(C(NN)C2CCCCCC2)c(Cl)c1. The van der Waals surface area contributed by atoms with Crippen LogP contribution < -0.4 is 11.3 Å². The second-order valence-electron chi connectivity index (χ2n) is 5.42. The maximum Gasteiger partial charge on any atom is 0.0502 e. The zero-order valence-corrected chi connectivity index (χ0v) is 11.8. The standard InChI is InChI=1S/C15H23ClN2/c1-11-8-9-13(14(16)10-11)15(18-17)12-6-4-2-3-5-7-12/h8-10,12,15,18H,2-7,17H2,1H3. The Morgan fingerprint density at radius 3 is 2.44 bits per heavy atom. The molecule has 0 heterocycles. The van der Waals surface area contributed by atoms with Gasteiger partial charge in [0.2, 0.25) is 0 Å². The van der Waals surface area contributed by atoms with Gasteiger partial charge in [0, 0.05) is 5.02 Å². The molecule has 2 rings (SSSR count). The number of hydrogen-bond donors (Lipinski definition) is 2. The van der Waals surface area contributed by atoms with Gasteiger partial charge in [0.15, 0.2) is 0 Å². The first kappa shape index (κ1) is 13.9. The van der Waals surface area contributed by atoms with Crippen LogP contribution in [0.15, 0.2) is 18.2 Å². The second kappa shape index (κ2) is 6.55. The number of nitrogens with two attached hydrogens (primary N) is 1. The maximum absolute atomic E-state index is 6.37. The Balaban J connectivity index is 2.20. The molecule has 1 aromatic carbocycles. The third-order valence-electron chi connectivity index (χ3n) is 4.04. The highest BCUT2D eigenvalue weighted by atomic mass is 35.5. The fourth-order valence-corrected chi connectivity index (χ4v) is 3.36. The molecule has 1 atom stereocenters. The number of benzene rings is 1. The summed E-state index contributed by atoms with van der Waals surface area (Å²) < 4.78 is 0. The molecule has 3 N–H and O–H groups in total. The predicted octanol–water partition coefficient (Wildman–Crippen LogP) is 4.12. The molecule has 100 valence electrons. The molecule has 1 saturated carbocycles. The molecular weight excluding hydrogens is 244 g/mol. The minimum Gasteiger partial charge on any atom is -0.271 e. The molecule has 0 bridgehead atoms. The van der Waals surface area contributed by atoms with Gasteiger partial charge in [-0.25, -0.2) is 0 Å². The minimum absolute atomic E-state index is 0.191. The molecule has 0 amide bonds. The smallest absolute Gasteiger partial charge is 0.0502 e. The van der Waals surface area contributed by atoms with E-state index in [0.717, 1.165) is 10.6 Å². The Labute approximate surface area is 115 Å². The Morgan fingerprint density at radius 2 is 1.89 bits per heavy atom. The molecule has 0 spiro atoms. The van der Waals surface area contributed by atoms with Gasteiger partial charge in [0.1, 0.15) is 0 Å². The molecule has 0 aromatic heterocycles. The average molecular weight is 267 g/mol. The molecule has 0 saturated heterocycles. The number of aryl methyl sites for hydroxylation is 1. The number of hydrogen-bond acceptors (Lipinski definition) is 2. The van der Waals surface area contributed by atoms with Gasteiger partial charge in [-0.2, -0.15) is 0 Å². The van der Waals surface area contributed by atoms with Crippen molar-refractivity contribution in [3.8, 4) is 0 Å². The summed E-state index contributed by atoms with van der Waals surface area (Å²) >= 11 is 6.37. The summed E-state index contributed by atoms with van der Waals surface area (Å²) in [5, 5.41) is 0.835. The fourth-order valence-electron chi connectivity index (χ4n) is 3.01. The van der Waals surface area contributed by atoms with Crippen LogP contribution in [0.1, 0.15) is 55.7 Å². The van der Waals surface area contributed by atoms with E-state index in [4.69, 9.17) is 17.4 Å². The summed E-state index contributed by atoms with van der Waals surface area (Å²) in [6, 6.07) is 6.45. The molecule has 3 heteroatoms. The zero-order valence-electron chi connectivity index (χ0n) is 11.1. The highest BCUT2D eigenvalue weighted by Gasteiger charge is 2.24. The third-order valence-corrected chi connectivity index (χ3v) is 4.37. The van der Waals surface area contributed by atoms with Gasteiger partial charge in [-0.05, 0) is 42.9 Å². The van der Waals surface area contributed by atoms with Crippen LogP contribution in [0.5, 0.6) is 0 Å². The highest BCUT2D eigenvalue weighted by molar-refractivity contribution is 6.31. The first-order chi connectivity index (χ1) is 8.72. The van der Waals surface area contributed by atoms with Crippen molar-refractivity contribution in [3.05, 3.63) is 34.3 Å². The van der Waals surface area contributed by atoms with Crippen LogP contribution in [-0.4, -0.2) is 0 Å². The quantitative estimate of drug-likeness (QED) is 0.491. The fraction of sp³-hybridized carbons (Fsp3) is 0.600. The number of rotatable bonds is 3. The van der Waals surface area contributed by atoms with Crippen LogP contribution in [0.3, 0.4) is 0 Å². The Hall–Kier alpha value is -0.570. The van der Waals surface area contributed by atoms with E-state index in [1.54, 1.807) is 0 Å². The van der Waals surface area contributed by atoms with Crippen molar-refractivity contribution in [3.63, 3.8) is 0 Å². The van der Waals surface area contributed by atoms with Crippen LogP contribution in [0.2, 0.25) is 5.02 Å². The van der Waals surface area contributed by atoms with E-state index >= 15 is 0 Å². The Morgan fingerprint density at radius 1 is 1.22 bits per heavy atom. The molecule has 18 heavy (non-hydrogen) atoms. The number of nitrogens with one attached hydrogen (secondary N) is 1. The average Bonchev–Trinajstić information content (AvgIpc) is 2.62. The summed E-state index contributed by atoms with van der Waals surface area (Å²) in [6.07, 6.45) is 7.83. The van der Waals surface area contributed by atoms with Crippen LogP contribution in [0, 0.1) is 12.8 Å². The van der Waals surface area contributed by atoms with Gasteiger partial charge in [-0.3, -0.25) is 11.3 Å². The molecular formula is C15H23ClN2. The van der Waals surface area contributed by atoms with E-state index in [2.05, 4.69) is 24.5 Å². The minimum atomic E-state index is 0.191. The normalized spacial score (nSPS) is 19.5. The van der Waals surface area contributed by atoms with E-state index in [9.17, 15) is 0 Å². The monoisotopic (exact) mass is 266 g/mol. The van der Waals surface area contributed by atoms with E-state index < -0.39 is 0 Å². The lowest BCUT2D eigenvalue weighted by Crippen LogP contribution is -2.33. The van der Waals surface area contributed by atoms with Gasteiger partial charge in [-0.1, -0.05) is 49.4 Å². The predicted molar refractivity (Wildman–Crippen MR) is 77.4 cm³/mol. The first-order valence-electron chi connectivity index (χ1n) is 6.94. The first-order valence-corrected chi connectivity index (χ1v) is 7.32. The third kappa shape index (κ3) is 3.25. The molecule has 1 unspecified atom stereocenters. The van der Waals surface area contributed by atoms with E-state index in [1.807, 2.05) is 6.07 Å². The van der Waals surface area contributed by atoms with Crippen LogP contribution in [0.4, 0.5) is 0 Å².